The number of nitrogens with zero attached hydrogens (tertiary/aromatic N) is 2. The van der Waals surface area contributed by atoms with Crippen molar-refractivity contribution < 1.29 is 9.90 Å². The number of aliphatic hydroxyl groups is 1. The lowest BCUT2D eigenvalue weighted by Crippen LogP contribution is -2.42. The molecule has 1 saturated carbocycles. The summed E-state index contributed by atoms with van der Waals surface area (Å²) in [7, 11) is 0. The Bertz CT molecular complexity index is 798. The first kappa shape index (κ1) is 18.2. The van der Waals surface area contributed by atoms with Crippen LogP contribution in [0.4, 0.5) is 0 Å². The molecule has 1 aliphatic heterocycles. The molecule has 1 saturated heterocycles. The molecular weight excluding hydrogens is 336 g/mol. The molecule has 142 valence electrons. The van der Waals surface area contributed by atoms with Gasteiger partial charge in [0, 0.05) is 36.2 Å². The average Bonchev–Trinajstić information content (AvgIpc) is 3.28. The van der Waals surface area contributed by atoms with Crippen LogP contribution in [0.5, 0.6) is 0 Å². The number of hydrogen-bond donors (Lipinski definition) is 1. The van der Waals surface area contributed by atoms with Gasteiger partial charge in [0.25, 0.3) is 0 Å². The summed E-state index contributed by atoms with van der Waals surface area (Å²) in [6.07, 6.45) is 6.66. The Balaban J connectivity index is 1.51. The number of aliphatic hydroxyl groups excluding tert-OH is 1. The van der Waals surface area contributed by atoms with Crippen LogP contribution >= 0.6 is 0 Å². The SMILES string of the molecule is O=C(C1CCCC1)N1CCCC(c2cccc(-c3cccc(CO)c3)n2)C1. The van der Waals surface area contributed by atoms with Crippen LogP contribution in [0.1, 0.15) is 55.7 Å². The molecule has 4 heteroatoms. The third-order valence-electron chi connectivity index (χ3n) is 6.03. The van der Waals surface area contributed by atoms with E-state index in [1.807, 2.05) is 30.3 Å². The van der Waals surface area contributed by atoms with Crippen LogP contribution in [0, 0.1) is 5.92 Å². The molecule has 0 spiro atoms. The van der Waals surface area contributed by atoms with Gasteiger partial charge in [-0.05, 0) is 49.4 Å². The Morgan fingerprint density at radius 3 is 2.70 bits per heavy atom. The molecule has 2 heterocycles. The van der Waals surface area contributed by atoms with Gasteiger partial charge in [0.1, 0.15) is 0 Å². The van der Waals surface area contributed by atoms with Crippen molar-refractivity contribution >= 4 is 5.91 Å². The molecule has 1 N–H and O–H groups in total. The fraction of sp³-hybridized carbons (Fsp3) is 0.478. The Labute approximate surface area is 161 Å². The summed E-state index contributed by atoms with van der Waals surface area (Å²) in [6, 6.07) is 14.1. The topological polar surface area (TPSA) is 53.4 Å². The molecule has 2 aliphatic rings. The van der Waals surface area contributed by atoms with Crippen molar-refractivity contribution in [2.75, 3.05) is 13.1 Å². The van der Waals surface area contributed by atoms with Gasteiger partial charge >= 0.3 is 0 Å². The first-order valence-electron chi connectivity index (χ1n) is 10.2. The summed E-state index contributed by atoms with van der Waals surface area (Å²) < 4.78 is 0. The Hall–Kier alpha value is -2.20. The molecule has 1 atom stereocenters. The van der Waals surface area contributed by atoms with Crippen LogP contribution in [0.25, 0.3) is 11.3 Å². The van der Waals surface area contributed by atoms with Gasteiger partial charge in [0.05, 0.1) is 12.3 Å². The van der Waals surface area contributed by atoms with E-state index in [1.54, 1.807) is 0 Å². The van der Waals surface area contributed by atoms with Gasteiger partial charge in [-0.25, -0.2) is 0 Å². The van der Waals surface area contributed by atoms with Crippen molar-refractivity contribution in [3.8, 4) is 11.3 Å². The monoisotopic (exact) mass is 364 g/mol. The highest BCUT2D eigenvalue weighted by atomic mass is 16.3. The Kier molecular flexibility index (Phi) is 5.53. The zero-order chi connectivity index (χ0) is 18.6. The zero-order valence-electron chi connectivity index (χ0n) is 15.8. The molecule has 4 nitrogen and oxygen atoms in total. The maximum atomic E-state index is 12.8. The lowest BCUT2D eigenvalue weighted by Gasteiger charge is -2.34. The first-order valence-corrected chi connectivity index (χ1v) is 10.2. The number of benzene rings is 1. The largest absolute Gasteiger partial charge is 0.392 e. The highest BCUT2D eigenvalue weighted by Crippen LogP contribution is 2.32. The minimum atomic E-state index is 0.0361. The van der Waals surface area contributed by atoms with Gasteiger partial charge in [-0.15, -0.1) is 0 Å². The van der Waals surface area contributed by atoms with E-state index in [4.69, 9.17) is 4.98 Å². The van der Waals surface area contributed by atoms with E-state index in [0.29, 0.717) is 11.8 Å². The summed E-state index contributed by atoms with van der Waals surface area (Å²) >= 11 is 0. The third kappa shape index (κ3) is 4.06. The molecule has 27 heavy (non-hydrogen) atoms. The van der Waals surface area contributed by atoms with Gasteiger partial charge in [-0.3, -0.25) is 9.78 Å². The van der Waals surface area contributed by atoms with Gasteiger partial charge in [-0.2, -0.15) is 0 Å². The Morgan fingerprint density at radius 1 is 1.07 bits per heavy atom. The fourth-order valence-corrected chi connectivity index (χ4v) is 4.52. The quantitative estimate of drug-likeness (QED) is 0.887. The second-order valence-corrected chi connectivity index (χ2v) is 7.91. The molecule has 2 fully saturated rings. The maximum Gasteiger partial charge on any atom is 0.225 e. The van der Waals surface area contributed by atoms with Crippen LogP contribution in [0.15, 0.2) is 42.5 Å². The highest BCUT2D eigenvalue weighted by molar-refractivity contribution is 5.79. The normalized spacial score (nSPS) is 20.8. The van der Waals surface area contributed by atoms with Gasteiger partial charge in [0.2, 0.25) is 5.91 Å². The second kappa shape index (κ2) is 8.22. The molecule has 2 aromatic rings. The summed E-state index contributed by atoms with van der Waals surface area (Å²) in [6.45, 7) is 1.72. The van der Waals surface area contributed by atoms with E-state index < -0.39 is 0 Å². The summed E-state index contributed by atoms with van der Waals surface area (Å²) in [5.74, 6) is 0.929. The van der Waals surface area contributed by atoms with Crippen LogP contribution in [-0.4, -0.2) is 34.0 Å². The number of carbonyl (C=O) groups excluding carboxylic acids is 1. The third-order valence-corrected chi connectivity index (χ3v) is 6.03. The molecule has 0 radical (unpaired) electrons. The number of amides is 1. The number of rotatable bonds is 4. The van der Waals surface area contributed by atoms with E-state index >= 15 is 0 Å². The van der Waals surface area contributed by atoms with E-state index in [-0.39, 0.29) is 12.5 Å². The molecular formula is C23H28N2O2. The van der Waals surface area contributed by atoms with E-state index in [0.717, 1.165) is 61.3 Å². The predicted molar refractivity (Wildman–Crippen MR) is 106 cm³/mol. The maximum absolute atomic E-state index is 12.8. The van der Waals surface area contributed by atoms with E-state index in [9.17, 15) is 9.90 Å². The molecule has 0 bridgehead atoms. The lowest BCUT2D eigenvalue weighted by molar-refractivity contribution is -0.136. The first-order chi connectivity index (χ1) is 13.2. The number of aromatic nitrogens is 1. The number of hydrogen-bond acceptors (Lipinski definition) is 3. The number of pyridine rings is 1. The number of piperidine rings is 1. The second-order valence-electron chi connectivity index (χ2n) is 7.91. The highest BCUT2D eigenvalue weighted by Gasteiger charge is 2.31. The molecule has 1 amide bonds. The number of likely N-dealkylation sites (tertiary alicyclic amines) is 1. The summed E-state index contributed by atoms with van der Waals surface area (Å²) in [4.78, 5) is 19.8. The molecule has 1 aromatic heterocycles. The fourth-order valence-electron chi connectivity index (χ4n) is 4.52. The van der Waals surface area contributed by atoms with Crippen molar-refractivity contribution in [2.24, 2.45) is 5.92 Å². The van der Waals surface area contributed by atoms with Crippen molar-refractivity contribution in [1.29, 1.82) is 0 Å². The Morgan fingerprint density at radius 2 is 1.89 bits per heavy atom. The van der Waals surface area contributed by atoms with E-state index in [2.05, 4.69) is 17.0 Å². The van der Waals surface area contributed by atoms with Crippen molar-refractivity contribution in [3.05, 3.63) is 53.7 Å². The van der Waals surface area contributed by atoms with Crippen LogP contribution in [-0.2, 0) is 11.4 Å². The molecule has 4 rings (SSSR count). The van der Waals surface area contributed by atoms with Crippen molar-refractivity contribution in [2.45, 2.75) is 51.0 Å². The van der Waals surface area contributed by atoms with Gasteiger partial charge in [0.15, 0.2) is 0 Å². The minimum Gasteiger partial charge on any atom is -0.392 e. The average molecular weight is 364 g/mol. The molecule has 1 aliphatic carbocycles. The smallest absolute Gasteiger partial charge is 0.225 e. The lowest BCUT2D eigenvalue weighted by atomic mass is 9.92. The summed E-state index contributed by atoms with van der Waals surface area (Å²) in [5, 5.41) is 9.38. The molecule has 1 aromatic carbocycles. The van der Waals surface area contributed by atoms with Crippen LogP contribution in [0.3, 0.4) is 0 Å². The van der Waals surface area contributed by atoms with E-state index in [1.165, 1.54) is 12.8 Å². The van der Waals surface area contributed by atoms with Crippen LogP contribution in [0.2, 0.25) is 0 Å². The van der Waals surface area contributed by atoms with Crippen molar-refractivity contribution in [1.82, 2.24) is 9.88 Å². The standard InChI is InChI=1S/C23H28N2O2/c26-16-17-6-3-9-19(14-17)21-11-4-12-22(24-21)20-10-5-13-25(15-20)23(27)18-7-1-2-8-18/h3-4,6,9,11-12,14,18,20,26H,1-2,5,7-8,10,13,15-16H2. The van der Waals surface area contributed by atoms with Gasteiger partial charge in [-0.1, -0.05) is 37.1 Å². The van der Waals surface area contributed by atoms with Gasteiger partial charge < -0.3 is 10.0 Å². The van der Waals surface area contributed by atoms with Crippen molar-refractivity contribution in [3.63, 3.8) is 0 Å². The minimum absolute atomic E-state index is 0.0361. The number of carbonyl (C=O) groups is 1. The predicted octanol–water partition coefficient (Wildman–Crippen LogP) is 4.14. The molecule has 1 unspecified atom stereocenters. The summed E-state index contributed by atoms with van der Waals surface area (Å²) in [5.41, 5.74) is 3.93. The zero-order valence-corrected chi connectivity index (χ0v) is 15.8. The van der Waals surface area contributed by atoms with Crippen LogP contribution < -0.4 is 0 Å².